The van der Waals surface area contributed by atoms with Crippen LogP contribution in [0.5, 0.6) is 5.75 Å². The lowest BCUT2D eigenvalue weighted by atomic mass is 9.88. The minimum absolute atomic E-state index is 0.0980. The summed E-state index contributed by atoms with van der Waals surface area (Å²) in [6, 6.07) is 5.04. The molecule has 104 valence electrons. The zero-order chi connectivity index (χ0) is 13.8. The number of piperidine rings is 1. The molecule has 1 aliphatic rings. The van der Waals surface area contributed by atoms with Crippen LogP contribution in [-0.4, -0.2) is 30.6 Å². The van der Waals surface area contributed by atoms with Gasteiger partial charge in [-0.25, -0.2) is 0 Å². The fourth-order valence-electron chi connectivity index (χ4n) is 2.56. The highest BCUT2D eigenvalue weighted by Gasteiger charge is 2.22. The molecule has 0 saturated carbocycles. The highest BCUT2D eigenvalue weighted by Crippen LogP contribution is 2.20. The molecular formula is C15H22N2O2. The first-order valence-corrected chi connectivity index (χ1v) is 6.87. The summed E-state index contributed by atoms with van der Waals surface area (Å²) in [6.45, 7) is 6.72. The number of phenols is 1. The van der Waals surface area contributed by atoms with Crippen molar-refractivity contribution in [2.24, 2.45) is 11.8 Å². The normalized spacial score (nSPS) is 23.1. The highest BCUT2D eigenvalue weighted by atomic mass is 16.3. The Bertz CT molecular complexity index is 459. The number of nitrogens with one attached hydrogen (secondary N) is 2. The van der Waals surface area contributed by atoms with Gasteiger partial charge >= 0.3 is 0 Å². The average Bonchev–Trinajstić information content (AvgIpc) is 2.40. The van der Waals surface area contributed by atoms with E-state index in [2.05, 4.69) is 17.6 Å². The van der Waals surface area contributed by atoms with Crippen LogP contribution in [0.15, 0.2) is 18.2 Å². The van der Waals surface area contributed by atoms with Crippen LogP contribution in [0.3, 0.4) is 0 Å². The Hall–Kier alpha value is -1.55. The van der Waals surface area contributed by atoms with E-state index in [1.165, 1.54) is 0 Å². The first-order valence-electron chi connectivity index (χ1n) is 6.87. The van der Waals surface area contributed by atoms with Crippen molar-refractivity contribution in [3.63, 3.8) is 0 Å². The van der Waals surface area contributed by atoms with Gasteiger partial charge in [-0.2, -0.15) is 0 Å². The second-order valence-corrected chi connectivity index (χ2v) is 5.39. The number of phenolic OH excluding ortho intramolecular Hbond substituents is 1. The fourth-order valence-corrected chi connectivity index (χ4v) is 2.56. The summed E-state index contributed by atoms with van der Waals surface area (Å²) in [7, 11) is 0. The summed E-state index contributed by atoms with van der Waals surface area (Å²) in [5.41, 5.74) is 1.19. The fraction of sp³-hybridized carbons (Fsp3) is 0.533. The predicted molar refractivity (Wildman–Crippen MR) is 75.3 cm³/mol. The van der Waals surface area contributed by atoms with Crippen molar-refractivity contribution in [1.29, 1.82) is 0 Å². The van der Waals surface area contributed by atoms with Crippen molar-refractivity contribution in [2.45, 2.75) is 20.3 Å². The number of carbonyl (C=O) groups is 1. The second kappa shape index (κ2) is 6.06. The predicted octanol–water partition coefficient (Wildman–Crippen LogP) is 1.68. The molecule has 1 fully saturated rings. The first kappa shape index (κ1) is 13.9. The molecule has 0 bridgehead atoms. The number of benzene rings is 1. The van der Waals surface area contributed by atoms with Gasteiger partial charge in [0.2, 0.25) is 0 Å². The van der Waals surface area contributed by atoms with E-state index in [-0.39, 0.29) is 11.7 Å². The van der Waals surface area contributed by atoms with Gasteiger partial charge in [0.05, 0.1) is 0 Å². The highest BCUT2D eigenvalue weighted by molar-refractivity contribution is 5.96. The molecular weight excluding hydrogens is 240 g/mol. The van der Waals surface area contributed by atoms with Crippen LogP contribution < -0.4 is 10.6 Å². The van der Waals surface area contributed by atoms with Crippen molar-refractivity contribution in [3.8, 4) is 5.75 Å². The van der Waals surface area contributed by atoms with E-state index in [0.717, 1.165) is 19.5 Å². The van der Waals surface area contributed by atoms with Gasteiger partial charge in [-0.1, -0.05) is 13.0 Å². The first-order chi connectivity index (χ1) is 9.09. The van der Waals surface area contributed by atoms with Crippen molar-refractivity contribution >= 4 is 5.91 Å². The number of aromatic hydroxyl groups is 1. The van der Waals surface area contributed by atoms with E-state index in [1.54, 1.807) is 25.1 Å². The van der Waals surface area contributed by atoms with Crippen molar-refractivity contribution in [2.75, 3.05) is 19.6 Å². The van der Waals surface area contributed by atoms with E-state index < -0.39 is 0 Å². The molecule has 2 atom stereocenters. The third-order valence-electron chi connectivity index (χ3n) is 4.04. The molecule has 19 heavy (non-hydrogen) atoms. The number of hydrogen-bond acceptors (Lipinski definition) is 3. The Balaban J connectivity index is 1.95. The van der Waals surface area contributed by atoms with E-state index in [4.69, 9.17) is 0 Å². The number of rotatable bonds is 3. The van der Waals surface area contributed by atoms with Gasteiger partial charge in [0.15, 0.2) is 0 Å². The van der Waals surface area contributed by atoms with E-state index >= 15 is 0 Å². The Kier molecular flexibility index (Phi) is 4.43. The summed E-state index contributed by atoms with van der Waals surface area (Å²) in [6.07, 6.45) is 1.10. The maximum absolute atomic E-state index is 12.1. The van der Waals surface area contributed by atoms with E-state index in [0.29, 0.717) is 29.5 Å². The number of carbonyl (C=O) groups excluding carboxylic acids is 1. The third kappa shape index (κ3) is 3.26. The smallest absolute Gasteiger partial charge is 0.251 e. The van der Waals surface area contributed by atoms with Crippen LogP contribution >= 0.6 is 0 Å². The van der Waals surface area contributed by atoms with Gasteiger partial charge < -0.3 is 15.7 Å². The van der Waals surface area contributed by atoms with Crippen molar-refractivity contribution in [1.82, 2.24) is 10.6 Å². The Morgan fingerprint density at radius 2 is 2.32 bits per heavy atom. The molecule has 0 radical (unpaired) electrons. The molecule has 0 spiro atoms. The molecule has 1 heterocycles. The Morgan fingerprint density at radius 1 is 1.53 bits per heavy atom. The molecule has 4 nitrogen and oxygen atoms in total. The van der Waals surface area contributed by atoms with Gasteiger partial charge in [0.25, 0.3) is 5.91 Å². The quantitative estimate of drug-likeness (QED) is 0.776. The SMILES string of the molecule is Cc1c(O)cccc1C(=O)NCC1CCNCC1C. The molecule has 1 aromatic carbocycles. The monoisotopic (exact) mass is 262 g/mol. The number of amides is 1. The molecule has 1 amide bonds. The second-order valence-electron chi connectivity index (χ2n) is 5.39. The van der Waals surface area contributed by atoms with Gasteiger partial charge in [-0.3, -0.25) is 4.79 Å². The van der Waals surface area contributed by atoms with Crippen LogP contribution in [0.2, 0.25) is 0 Å². The third-order valence-corrected chi connectivity index (χ3v) is 4.04. The van der Waals surface area contributed by atoms with Gasteiger partial charge in [-0.15, -0.1) is 0 Å². The van der Waals surface area contributed by atoms with Crippen LogP contribution in [0.1, 0.15) is 29.3 Å². The zero-order valence-electron chi connectivity index (χ0n) is 11.6. The maximum Gasteiger partial charge on any atom is 0.251 e. The Morgan fingerprint density at radius 3 is 3.05 bits per heavy atom. The van der Waals surface area contributed by atoms with Crippen LogP contribution in [-0.2, 0) is 0 Å². The average molecular weight is 262 g/mol. The lowest BCUT2D eigenvalue weighted by molar-refractivity contribution is 0.0937. The van der Waals surface area contributed by atoms with Crippen LogP contribution in [0.4, 0.5) is 0 Å². The number of hydrogen-bond donors (Lipinski definition) is 3. The largest absolute Gasteiger partial charge is 0.508 e. The molecule has 1 saturated heterocycles. The molecule has 0 aliphatic carbocycles. The molecule has 3 N–H and O–H groups in total. The van der Waals surface area contributed by atoms with E-state index in [1.807, 2.05) is 0 Å². The molecule has 1 aromatic rings. The minimum atomic E-state index is -0.0980. The summed E-state index contributed by atoms with van der Waals surface area (Å²) in [4.78, 5) is 12.1. The van der Waals surface area contributed by atoms with Gasteiger partial charge in [-0.05, 0) is 50.4 Å². The van der Waals surface area contributed by atoms with Crippen molar-refractivity contribution in [3.05, 3.63) is 29.3 Å². The summed E-state index contributed by atoms with van der Waals surface area (Å²) in [5, 5.41) is 16.0. The summed E-state index contributed by atoms with van der Waals surface area (Å²) >= 11 is 0. The Labute approximate surface area is 114 Å². The molecule has 1 aliphatic heterocycles. The topological polar surface area (TPSA) is 61.4 Å². The maximum atomic E-state index is 12.1. The lowest BCUT2D eigenvalue weighted by Crippen LogP contribution is -2.41. The molecule has 2 rings (SSSR count). The van der Waals surface area contributed by atoms with Gasteiger partial charge in [0, 0.05) is 17.7 Å². The minimum Gasteiger partial charge on any atom is -0.508 e. The lowest BCUT2D eigenvalue weighted by Gasteiger charge is -2.29. The molecule has 0 aromatic heterocycles. The van der Waals surface area contributed by atoms with Crippen molar-refractivity contribution < 1.29 is 9.90 Å². The standard InChI is InChI=1S/C15H22N2O2/c1-10-8-16-7-6-12(10)9-17-15(19)13-4-3-5-14(18)11(13)2/h3-5,10,12,16,18H,6-9H2,1-2H3,(H,17,19). The summed E-state index contributed by atoms with van der Waals surface area (Å²) < 4.78 is 0. The molecule has 4 heteroatoms. The zero-order valence-corrected chi connectivity index (χ0v) is 11.6. The van der Waals surface area contributed by atoms with Crippen LogP contribution in [0.25, 0.3) is 0 Å². The van der Waals surface area contributed by atoms with Gasteiger partial charge in [0.1, 0.15) is 5.75 Å². The van der Waals surface area contributed by atoms with Crippen LogP contribution in [0, 0.1) is 18.8 Å². The van der Waals surface area contributed by atoms with E-state index in [9.17, 15) is 9.90 Å². The molecule has 2 unspecified atom stereocenters. The summed E-state index contributed by atoms with van der Waals surface area (Å²) in [5.74, 6) is 1.18.